The minimum Gasteiger partial charge on any atom is -0.455 e. The Morgan fingerprint density at radius 3 is 1.61 bits per heavy atom. The van der Waals surface area contributed by atoms with Crippen LogP contribution in [0.1, 0.15) is 0 Å². The van der Waals surface area contributed by atoms with E-state index in [2.05, 4.69) is 241 Å². The molecule has 314 valence electrons. The first-order valence-electron chi connectivity index (χ1n) is 22.8. The zero-order valence-electron chi connectivity index (χ0n) is 36.4. The van der Waals surface area contributed by atoms with Crippen LogP contribution in [0, 0.1) is 0 Å². The van der Waals surface area contributed by atoms with Crippen LogP contribution in [-0.4, -0.2) is 0 Å². The van der Waals surface area contributed by atoms with Gasteiger partial charge < -0.3 is 13.7 Å². The Labute approximate surface area is 388 Å². The SMILES string of the molecule is c1ccc(-c2ccc(-c3ccc(N(c4ccc(-c5cccc6c5oc5ccccc56)cc4)c4ccccc4-c4cccc5oc6c7ccccc7ccc6c45)cc3)cc2-c2ccccc2)cc1. The molecule has 0 unspecified atom stereocenters. The van der Waals surface area contributed by atoms with Gasteiger partial charge in [-0.1, -0.05) is 194 Å². The first-order chi connectivity index (χ1) is 33.2. The van der Waals surface area contributed by atoms with Gasteiger partial charge in [-0.15, -0.1) is 0 Å². The summed E-state index contributed by atoms with van der Waals surface area (Å²) in [7, 11) is 0. The van der Waals surface area contributed by atoms with Crippen molar-refractivity contribution in [3.63, 3.8) is 0 Å². The highest BCUT2D eigenvalue weighted by atomic mass is 16.3. The highest BCUT2D eigenvalue weighted by Gasteiger charge is 2.22. The van der Waals surface area contributed by atoms with Crippen LogP contribution in [0.2, 0.25) is 0 Å². The van der Waals surface area contributed by atoms with E-state index in [9.17, 15) is 0 Å². The van der Waals surface area contributed by atoms with E-state index in [4.69, 9.17) is 8.83 Å². The smallest absolute Gasteiger partial charge is 0.143 e. The largest absolute Gasteiger partial charge is 0.455 e. The van der Waals surface area contributed by atoms with Crippen LogP contribution in [0.3, 0.4) is 0 Å². The molecule has 0 saturated heterocycles. The lowest BCUT2D eigenvalue weighted by Crippen LogP contribution is -2.11. The van der Waals surface area contributed by atoms with Crippen LogP contribution in [-0.2, 0) is 0 Å². The average Bonchev–Trinajstić information content (AvgIpc) is 3.99. The Morgan fingerprint density at radius 1 is 0.269 bits per heavy atom. The van der Waals surface area contributed by atoms with Gasteiger partial charge in [0.1, 0.15) is 22.3 Å². The summed E-state index contributed by atoms with van der Waals surface area (Å²) in [5, 5.41) is 6.72. The highest BCUT2D eigenvalue weighted by molar-refractivity contribution is 6.20. The lowest BCUT2D eigenvalue weighted by molar-refractivity contribution is 0.670. The number of hydrogen-bond acceptors (Lipinski definition) is 3. The van der Waals surface area contributed by atoms with E-state index in [0.717, 1.165) is 105 Å². The minimum absolute atomic E-state index is 0.867. The standard InChI is InChI=1S/C64H41NO2/c1-3-15-43(16-4-1)50-39-34-47(41-58(50)44-17-5-2-6-18-44)42-29-35-48(36-30-42)65(49-37-31-46(32-38-49)52-23-13-25-56-54-22-10-12-27-60(54)66-63(52)56)59-26-11-9-21-53(59)55-24-14-28-61-62(55)57-40-33-45-19-7-8-20-51(45)64(57)67-61/h1-41H. The number of hydrogen-bond donors (Lipinski definition) is 0. The summed E-state index contributed by atoms with van der Waals surface area (Å²) in [5.74, 6) is 0. The molecule has 0 fully saturated rings. The van der Waals surface area contributed by atoms with E-state index in [-0.39, 0.29) is 0 Å². The maximum Gasteiger partial charge on any atom is 0.143 e. The van der Waals surface area contributed by atoms with Crippen LogP contribution in [0.5, 0.6) is 0 Å². The average molecular weight is 856 g/mol. The molecule has 0 atom stereocenters. The van der Waals surface area contributed by atoms with E-state index in [0.29, 0.717) is 0 Å². The minimum atomic E-state index is 0.867. The van der Waals surface area contributed by atoms with E-state index >= 15 is 0 Å². The highest BCUT2D eigenvalue weighted by Crippen LogP contribution is 2.47. The van der Waals surface area contributed by atoms with Gasteiger partial charge in [0.15, 0.2) is 0 Å². The van der Waals surface area contributed by atoms with E-state index in [1.807, 2.05) is 12.1 Å². The first kappa shape index (κ1) is 38.5. The van der Waals surface area contributed by atoms with Crippen molar-refractivity contribution in [2.75, 3.05) is 4.90 Å². The monoisotopic (exact) mass is 855 g/mol. The molecular formula is C64H41NO2. The lowest BCUT2D eigenvalue weighted by Gasteiger charge is -2.28. The number of rotatable bonds is 8. The molecule has 0 radical (unpaired) electrons. The van der Waals surface area contributed by atoms with Crippen LogP contribution in [0.25, 0.3) is 110 Å². The van der Waals surface area contributed by atoms with Gasteiger partial charge >= 0.3 is 0 Å². The van der Waals surface area contributed by atoms with Gasteiger partial charge in [0.05, 0.1) is 5.69 Å². The molecule has 0 spiro atoms. The van der Waals surface area contributed by atoms with Crippen molar-refractivity contribution in [3.8, 4) is 55.6 Å². The Balaban J connectivity index is 0.962. The topological polar surface area (TPSA) is 29.5 Å². The number of benzene rings is 11. The molecule has 13 aromatic rings. The van der Waals surface area contributed by atoms with Crippen LogP contribution in [0.4, 0.5) is 17.1 Å². The third kappa shape index (κ3) is 6.59. The normalized spacial score (nSPS) is 11.6. The van der Waals surface area contributed by atoms with Gasteiger partial charge in [-0.25, -0.2) is 0 Å². The molecule has 11 aromatic carbocycles. The van der Waals surface area contributed by atoms with Gasteiger partial charge in [0.2, 0.25) is 0 Å². The second-order valence-electron chi connectivity index (χ2n) is 17.2. The van der Waals surface area contributed by atoms with Gasteiger partial charge in [-0.3, -0.25) is 0 Å². The summed E-state index contributed by atoms with van der Waals surface area (Å²) in [4.78, 5) is 2.38. The first-order valence-corrected chi connectivity index (χ1v) is 22.8. The fraction of sp³-hybridized carbons (Fsp3) is 0. The summed E-state index contributed by atoms with van der Waals surface area (Å²) in [6, 6.07) is 88.8. The van der Waals surface area contributed by atoms with Gasteiger partial charge in [-0.2, -0.15) is 0 Å². The summed E-state index contributed by atoms with van der Waals surface area (Å²) < 4.78 is 13.2. The summed E-state index contributed by atoms with van der Waals surface area (Å²) in [5.41, 5.74) is 18.2. The number of fused-ring (bicyclic) bond motifs is 8. The van der Waals surface area contributed by atoms with Crippen molar-refractivity contribution < 1.29 is 8.83 Å². The Hall–Kier alpha value is -8.92. The molecule has 0 N–H and O–H groups in total. The van der Waals surface area contributed by atoms with Crippen LogP contribution in [0.15, 0.2) is 258 Å². The number of anilines is 3. The zero-order chi connectivity index (χ0) is 44.3. The second-order valence-corrected chi connectivity index (χ2v) is 17.2. The lowest BCUT2D eigenvalue weighted by atomic mass is 9.91. The predicted octanol–water partition coefficient (Wildman–Crippen LogP) is 18.4. The Morgan fingerprint density at radius 2 is 0.821 bits per heavy atom. The molecule has 3 nitrogen and oxygen atoms in total. The number of para-hydroxylation sites is 3. The van der Waals surface area contributed by atoms with Crippen molar-refractivity contribution in [2.45, 2.75) is 0 Å². The van der Waals surface area contributed by atoms with E-state index in [1.165, 1.54) is 22.3 Å². The van der Waals surface area contributed by atoms with Crippen molar-refractivity contribution >= 4 is 71.7 Å². The van der Waals surface area contributed by atoms with E-state index in [1.54, 1.807) is 0 Å². The van der Waals surface area contributed by atoms with Crippen LogP contribution < -0.4 is 4.90 Å². The second kappa shape index (κ2) is 16.0. The molecule has 13 rings (SSSR count). The molecule has 67 heavy (non-hydrogen) atoms. The van der Waals surface area contributed by atoms with Crippen molar-refractivity contribution in [1.29, 1.82) is 0 Å². The molecule has 0 bridgehead atoms. The van der Waals surface area contributed by atoms with Gasteiger partial charge in [0.25, 0.3) is 0 Å². The fourth-order valence-electron chi connectivity index (χ4n) is 10.1. The van der Waals surface area contributed by atoms with Crippen molar-refractivity contribution in [3.05, 3.63) is 249 Å². The predicted molar refractivity (Wildman–Crippen MR) is 280 cm³/mol. The fourth-order valence-corrected chi connectivity index (χ4v) is 10.1. The van der Waals surface area contributed by atoms with Crippen molar-refractivity contribution in [1.82, 2.24) is 0 Å². The number of nitrogens with zero attached hydrogens (tertiary/aromatic N) is 1. The van der Waals surface area contributed by atoms with Crippen molar-refractivity contribution in [2.24, 2.45) is 0 Å². The molecule has 3 heteroatoms. The summed E-state index contributed by atoms with van der Waals surface area (Å²) in [6.07, 6.45) is 0. The molecule has 2 aromatic heterocycles. The molecule has 0 aliphatic carbocycles. The Bertz CT molecular complexity index is 3960. The third-order valence-electron chi connectivity index (χ3n) is 13.3. The molecule has 0 saturated carbocycles. The van der Waals surface area contributed by atoms with Crippen LogP contribution >= 0.6 is 0 Å². The van der Waals surface area contributed by atoms with E-state index < -0.39 is 0 Å². The summed E-state index contributed by atoms with van der Waals surface area (Å²) >= 11 is 0. The molecule has 0 aliphatic heterocycles. The zero-order valence-corrected chi connectivity index (χ0v) is 36.4. The molecular weight excluding hydrogens is 815 g/mol. The third-order valence-corrected chi connectivity index (χ3v) is 13.3. The molecule has 0 amide bonds. The maximum atomic E-state index is 6.71. The van der Waals surface area contributed by atoms with Gasteiger partial charge in [0, 0.05) is 49.4 Å². The quantitative estimate of drug-likeness (QED) is 0.152. The summed E-state index contributed by atoms with van der Waals surface area (Å²) in [6.45, 7) is 0. The maximum absolute atomic E-state index is 6.71. The Kier molecular flexibility index (Phi) is 9.17. The van der Waals surface area contributed by atoms with Gasteiger partial charge in [-0.05, 0) is 104 Å². The molecule has 0 aliphatic rings. The molecule has 2 heterocycles. The number of furan rings is 2.